The van der Waals surface area contributed by atoms with E-state index in [4.69, 9.17) is 18.9 Å². The van der Waals surface area contributed by atoms with E-state index in [2.05, 4.69) is 0 Å². The van der Waals surface area contributed by atoms with Gasteiger partial charge in [0.2, 0.25) is 12.6 Å². The predicted molar refractivity (Wildman–Crippen MR) is 137 cm³/mol. The van der Waals surface area contributed by atoms with Gasteiger partial charge < -0.3 is 70.0 Å². The lowest BCUT2D eigenvalue weighted by atomic mass is 9.95. The van der Waals surface area contributed by atoms with E-state index in [0.29, 0.717) is 22.3 Å². The zero-order chi connectivity index (χ0) is 30.2. The van der Waals surface area contributed by atoms with Crippen LogP contribution in [0.5, 0.6) is 23.0 Å². The molecule has 0 radical (unpaired) electrons. The number of aromatic hydroxyl groups is 2. The molecular formula is C27H36O14. The van der Waals surface area contributed by atoms with Gasteiger partial charge in [-0.1, -0.05) is 0 Å². The molecule has 228 valence electrons. The van der Waals surface area contributed by atoms with Crippen LogP contribution in [0, 0.1) is 13.8 Å². The van der Waals surface area contributed by atoms with E-state index in [1.807, 2.05) is 0 Å². The van der Waals surface area contributed by atoms with Crippen LogP contribution in [-0.2, 0) is 15.9 Å². The first-order valence-electron chi connectivity index (χ1n) is 13.0. The van der Waals surface area contributed by atoms with E-state index in [1.165, 1.54) is 24.3 Å². The van der Waals surface area contributed by atoms with Gasteiger partial charge >= 0.3 is 0 Å². The topological polar surface area (TPSA) is 239 Å². The first-order chi connectivity index (χ1) is 19.4. The van der Waals surface area contributed by atoms with Gasteiger partial charge in [0.25, 0.3) is 0 Å². The molecule has 2 aromatic carbocycles. The van der Waals surface area contributed by atoms with Crippen LogP contribution >= 0.6 is 0 Å². The number of rotatable bonds is 8. The maximum absolute atomic E-state index is 10.9. The van der Waals surface area contributed by atoms with Gasteiger partial charge in [-0.25, -0.2) is 0 Å². The van der Waals surface area contributed by atoms with Gasteiger partial charge in [-0.3, -0.25) is 0 Å². The van der Waals surface area contributed by atoms with Gasteiger partial charge in [-0.2, -0.15) is 0 Å². The summed E-state index contributed by atoms with van der Waals surface area (Å²) in [4.78, 5) is 0. The zero-order valence-corrected chi connectivity index (χ0v) is 22.3. The van der Waals surface area contributed by atoms with Crippen LogP contribution in [0.1, 0.15) is 22.3 Å². The Morgan fingerprint density at radius 2 is 1.15 bits per heavy atom. The summed E-state index contributed by atoms with van der Waals surface area (Å²) in [6.07, 6.45) is -15.1. The lowest BCUT2D eigenvalue weighted by Gasteiger charge is -2.39. The maximum atomic E-state index is 10.9. The second-order valence-corrected chi connectivity index (χ2v) is 10.3. The molecule has 0 aliphatic carbocycles. The average molecular weight is 585 g/mol. The van der Waals surface area contributed by atoms with Gasteiger partial charge in [-0.15, -0.1) is 0 Å². The third kappa shape index (κ3) is 6.36. The number of aliphatic hydroxyl groups excluding tert-OH is 8. The van der Waals surface area contributed by atoms with Gasteiger partial charge in [-0.05, 0) is 37.1 Å². The van der Waals surface area contributed by atoms with Crippen molar-refractivity contribution in [3.05, 3.63) is 46.5 Å². The molecule has 10 N–H and O–H groups in total. The number of phenols is 2. The summed E-state index contributed by atoms with van der Waals surface area (Å²) >= 11 is 0. The molecule has 14 heteroatoms. The fourth-order valence-electron chi connectivity index (χ4n) is 4.93. The molecule has 2 fully saturated rings. The number of aryl methyl sites for hydroxylation is 2. The number of benzene rings is 2. The Morgan fingerprint density at radius 1 is 0.634 bits per heavy atom. The molecule has 2 aliphatic heterocycles. The van der Waals surface area contributed by atoms with Crippen molar-refractivity contribution in [3.8, 4) is 23.0 Å². The summed E-state index contributed by atoms with van der Waals surface area (Å²) in [6, 6.07) is 5.49. The molecule has 2 aliphatic rings. The van der Waals surface area contributed by atoms with Crippen molar-refractivity contribution in [1.82, 2.24) is 0 Å². The van der Waals surface area contributed by atoms with E-state index >= 15 is 0 Å². The molecule has 0 unspecified atom stereocenters. The van der Waals surface area contributed by atoms with Gasteiger partial charge in [0.05, 0.1) is 13.2 Å². The highest BCUT2D eigenvalue weighted by atomic mass is 16.7. The second kappa shape index (κ2) is 12.6. The second-order valence-electron chi connectivity index (χ2n) is 10.3. The van der Waals surface area contributed by atoms with Crippen molar-refractivity contribution in [2.75, 3.05) is 13.2 Å². The molecule has 4 rings (SSSR count). The van der Waals surface area contributed by atoms with Crippen LogP contribution in [-0.4, -0.2) is 126 Å². The summed E-state index contributed by atoms with van der Waals surface area (Å²) in [6.45, 7) is 2.07. The number of hydrogen-bond donors (Lipinski definition) is 10. The third-order valence-corrected chi connectivity index (χ3v) is 7.39. The van der Waals surface area contributed by atoms with Gasteiger partial charge in [0, 0.05) is 29.7 Å². The van der Waals surface area contributed by atoms with Crippen LogP contribution in [0.15, 0.2) is 24.3 Å². The standard InChI is InChI=1S/C27H36O14/c1-10-3-12(30)5-17(39-27-25(37)23(35)21(33)19(9-29)41-27)15(10)7-14-11(2)4-13(6-16(14)31)38-26-24(36)22(34)20(32)18(8-28)40-26/h3-6,18-37H,7-9H2,1-2H3/t18-,19-,20-,21-,22+,23+,24-,25-,26-,27-/m1/s1. The molecule has 0 spiro atoms. The van der Waals surface area contributed by atoms with Crippen molar-refractivity contribution >= 4 is 0 Å². The van der Waals surface area contributed by atoms with Gasteiger partial charge in [0.15, 0.2) is 0 Å². The average Bonchev–Trinajstić information content (AvgIpc) is 2.92. The minimum absolute atomic E-state index is 0.0484. The highest BCUT2D eigenvalue weighted by Gasteiger charge is 2.46. The van der Waals surface area contributed by atoms with Crippen molar-refractivity contribution in [2.45, 2.75) is 81.7 Å². The third-order valence-electron chi connectivity index (χ3n) is 7.39. The van der Waals surface area contributed by atoms with Crippen LogP contribution in [0.4, 0.5) is 0 Å². The Morgan fingerprint density at radius 3 is 1.66 bits per heavy atom. The predicted octanol–water partition coefficient (Wildman–Crippen LogP) is -2.34. The monoisotopic (exact) mass is 584 g/mol. The summed E-state index contributed by atoms with van der Waals surface area (Å²) in [5, 5.41) is 101. The molecule has 0 amide bonds. The molecule has 0 saturated carbocycles. The number of phenolic OH excluding ortho intramolecular Hbond substituents is 2. The fourth-order valence-corrected chi connectivity index (χ4v) is 4.93. The van der Waals surface area contributed by atoms with Crippen molar-refractivity contribution < 1.29 is 70.0 Å². The van der Waals surface area contributed by atoms with Crippen molar-refractivity contribution in [2.24, 2.45) is 0 Å². The lowest BCUT2D eigenvalue weighted by molar-refractivity contribution is -0.277. The van der Waals surface area contributed by atoms with E-state index in [-0.39, 0.29) is 29.4 Å². The number of aliphatic hydroxyl groups is 8. The molecule has 41 heavy (non-hydrogen) atoms. The minimum Gasteiger partial charge on any atom is -0.508 e. The summed E-state index contributed by atoms with van der Waals surface area (Å²) in [5.74, 6) is -0.286. The quantitative estimate of drug-likeness (QED) is 0.157. The SMILES string of the molecule is Cc1cc(O[C@@H]2O[C@H](CO)[C@@H](O)[C@H](O)[C@H]2O)cc(O)c1Cc1c(C)cc(O)cc1O[C@@H]1O[C@H](CO)[C@@H](O)[C@H](O)[C@H]1O. The Bertz CT molecular complexity index is 1180. The van der Waals surface area contributed by atoms with Gasteiger partial charge in [0.1, 0.15) is 71.8 Å². The Labute approximate surface area is 234 Å². The maximum Gasteiger partial charge on any atom is 0.229 e. The first kappa shape index (κ1) is 31.2. The highest BCUT2D eigenvalue weighted by molar-refractivity contribution is 5.53. The smallest absolute Gasteiger partial charge is 0.229 e. The van der Waals surface area contributed by atoms with E-state index < -0.39 is 74.6 Å². The first-order valence-corrected chi connectivity index (χ1v) is 13.0. The molecule has 0 aromatic heterocycles. The largest absolute Gasteiger partial charge is 0.508 e. The Kier molecular flexibility index (Phi) is 9.60. The molecule has 2 saturated heterocycles. The van der Waals surface area contributed by atoms with E-state index in [1.54, 1.807) is 13.8 Å². The van der Waals surface area contributed by atoms with Crippen LogP contribution in [0.3, 0.4) is 0 Å². The van der Waals surface area contributed by atoms with Crippen LogP contribution in [0.25, 0.3) is 0 Å². The molecule has 0 bridgehead atoms. The molecule has 2 aromatic rings. The highest BCUT2D eigenvalue weighted by Crippen LogP contribution is 2.37. The zero-order valence-electron chi connectivity index (χ0n) is 22.3. The Balaban J connectivity index is 1.58. The fraction of sp³-hybridized carbons (Fsp3) is 0.556. The van der Waals surface area contributed by atoms with E-state index in [0.717, 1.165) is 0 Å². The summed E-state index contributed by atoms with van der Waals surface area (Å²) in [5.41, 5.74) is 1.96. The van der Waals surface area contributed by atoms with Crippen molar-refractivity contribution in [1.29, 1.82) is 0 Å². The molecule has 14 nitrogen and oxygen atoms in total. The van der Waals surface area contributed by atoms with Crippen molar-refractivity contribution in [3.63, 3.8) is 0 Å². The van der Waals surface area contributed by atoms with E-state index in [9.17, 15) is 51.1 Å². The normalized spacial score (nSPS) is 33.9. The molecular weight excluding hydrogens is 548 g/mol. The summed E-state index contributed by atoms with van der Waals surface area (Å²) < 4.78 is 22.2. The number of hydrogen-bond acceptors (Lipinski definition) is 14. The minimum atomic E-state index is -1.68. The van der Waals surface area contributed by atoms with Crippen LogP contribution < -0.4 is 9.47 Å². The molecule has 10 atom stereocenters. The lowest BCUT2D eigenvalue weighted by Crippen LogP contribution is -2.60. The number of ether oxygens (including phenoxy) is 4. The Hall–Kier alpha value is -2.76. The van der Waals surface area contributed by atoms with Crippen LogP contribution in [0.2, 0.25) is 0 Å². The molecule has 2 heterocycles. The summed E-state index contributed by atoms with van der Waals surface area (Å²) in [7, 11) is 0.